The van der Waals surface area contributed by atoms with Crippen LogP contribution in [0, 0.1) is 5.92 Å². The molecule has 1 aromatic rings. The second-order valence-electron chi connectivity index (χ2n) is 7.51. The molecule has 7 heteroatoms. The molecule has 0 N–H and O–H groups in total. The molecule has 0 aliphatic carbocycles. The molecule has 0 radical (unpaired) electrons. The number of halogens is 1. The maximum Gasteiger partial charge on any atom is 0.255 e. The SMILES string of the molecule is COCCN1CCC(CN(C[C@H]2CCCO2)C(=O)c2cncc(Cl)c2)CC1. The van der Waals surface area contributed by atoms with Crippen molar-refractivity contribution in [2.45, 2.75) is 31.8 Å². The molecule has 0 aromatic carbocycles. The van der Waals surface area contributed by atoms with E-state index in [1.807, 2.05) is 4.90 Å². The van der Waals surface area contributed by atoms with Gasteiger partial charge >= 0.3 is 0 Å². The summed E-state index contributed by atoms with van der Waals surface area (Å²) in [6, 6.07) is 1.70. The molecule has 1 atom stereocenters. The Balaban J connectivity index is 1.61. The van der Waals surface area contributed by atoms with Crippen LogP contribution in [0.4, 0.5) is 0 Å². The Hall–Kier alpha value is -1.21. The molecule has 0 bridgehead atoms. The Kier molecular flexibility index (Phi) is 7.88. The van der Waals surface area contributed by atoms with Crippen LogP contribution in [0.5, 0.6) is 0 Å². The van der Waals surface area contributed by atoms with Crippen molar-refractivity contribution in [1.29, 1.82) is 0 Å². The van der Waals surface area contributed by atoms with Crippen molar-refractivity contribution < 1.29 is 14.3 Å². The fourth-order valence-electron chi connectivity index (χ4n) is 3.91. The van der Waals surface area contributed by atoms with E-state index in [0.717, 1.165) is 65.1 Å². The van der Waals surface area contributed by atoms with Crippen molar-refractivity contribution in [2.75, 3.05) is 53.0 Å². The number of methoxy groups -OCH3 is 1. The molecule has 0 saturated carbocycles. The molecule has 3 heterocycles. The lowest BCUT2D eigenvalue weighted by Gasteiger charge is -2.35. The molecule has 2 saturated heterocycles. The fourth-order valence-corrected chi connectivity index (χ4v) is 4.08. The van der Waals surface area contributed by atoms with E-state index in [4.69, 9.17) is 21.1 Å². The normalized spacial score (nSPS) is 21.5. The second-order valence-corrected chi connectivity index (χ2v) is 7.95. The van der Waals surface area contributed by atoms with Crippen LogP contribution >= 0.6 is 11.6 Å². The number of pyridine rings is 1. The third kappa shape index (κ3) is 6.14. The summed E-state index contributed by atoms with van der Waals surface area (Å²) < 4.78 is 11.0. The van der Waals surface area contributed by atoms with Crippen LogP contribution in [0.15, 0.2) is 18.5 Å². The lowest BCUT2D eigenvalue weighted by molar-refractivity contribution is 0.0436. The van der Waals surface area contributed by atoms with Gasteiger partial charge in [-0.05, 0) is 50.8 Å². The molecule has 1 aromatic heterocycles. The number of amides is 1. The van der Waals surface area contributed by atoms with Crippen LogP contribution in [0.1, 0.15) is 36.0 Å². The molecule has 27 heavy (non-hydrogen) atoms. The van der Waals surface area contributed by atoms with Gasteiger partial charge in [0.1, 0.15) is 0 Å². The lowest BCUT2D eigenvalue weighted by atomic mass is 9.95. The zero-order chi connectivity index (χ0) is 19.1. The zero-order valence-electron chi connectivity index (χ0n) is 16.1. The predicted octanol–water partition coefficient (Wildman–Crippen LogP) is 2.71. The van der Waals surface area contributed by atoms with Crippen molar-refractivity contribution in [2.24, 2.45) is 5.92 Å². The van der Waals surface area contributed by atoms with Crippen LogP contribution in [-0.4, -0.2) is 79.8 Å². The molecule has 3 rings (SSSR count). The lowest BCUT2D eigenvalue weighted by Crippen LogP contribution is -2.44. The van der Waals surface area contributed by atoms with Gasteiger partial charge in [0.2, 0.25) is 0 Å². The summed E-state index contributed by atoms with van der Waals surface area (Å²) in [7, 11) is 1.74. The molecule has 2 aliphatic rings. The number of carbonyl (C=O) groups is 1. The van der Waals surface area contributed by atoms with E-state index in [2.05, 4.69) is 9.88 Å². The van der Waals surface area contributed by atoms with Crippen LogP contribution in [-0.2, 0) is 9.47 Å². The van der Waals surface area contributed by atoms with Gasteiger partial charge in [-0.25, -0.2) is 0 Å². The van der Waals surface area contributed by atoms with E-state index in [-0.39, 0.29) is 12.0 Å². The van der Waals surface area contributed by atoms with Gasteiger partial charge in [0.25, 0.3) is 5.91 Å². The second kappa shape index (κ2) is 10.4. The fraction of sp³-hybridized carbons (Fsp3) is 0.700. The minimum absolute atomic E-state index is 0.00214. The quantitative estimate of drug-likeness (QED) is 0.677. The van der Waals surface area contributed by atoms with Crippen molar-refractivity contribution in [3.63, 3.8) is 0 Å². The van der Waals surface area contributed by atoms with E-state index in [9.17, 15) is 4.79 Å². The summed E-state index contributed by atoms with van der Waals surface area (Å²) >= 11 is 6.04. The third-order valence-corrected chi connectivity index (χ3v) is 5.69. The van der Waals surface area contributed by atoms with Gasteiger partial charge in [-0.1, -0.05) is 11.6 Å². The zero-order valence-corrected chi connectivity index (χ0v) is 16.9. The Labute approximate surface area is 166 Å². The van der Waals surface area contributed by atoms with Crippen LogP contribution in [0.2, 0.25) is 5.02 Å². The topological polar surface area (TPSA) is 54.9 Å². The predicted molar refractivity (Wildman–Crippen MR) is 105 cm³/mol. The molecule has 2 fully saturated rings. The van der Waals surface area contributed by atoms with Gasteiger partial charge in [-0.2, -0.15) is 0 Å². The van der Waals surface area contributed by atoms with Gasteiger partial charge in [-0.15, -0.1) is 0 Å². The number of rotatable bonds is 8. The van der Waals surface area contributed by atoms with Crippen molar-refractivity contribution in [3.05, 3.63) is 29.0 Å². The van der Waals surface area contributed by atoms with Gasteiger partial charge in [0, 0.05) is 45.7 Å². The summed E-state index contributed by atoms with van der Waals surface area (Å²) in [4.78, 5) is 21.6. The maximum absolute atomic E-state index is 13.1. The monoisotopic (exact) mass is 395 g/mol. The highest BCUT2D eigenvalue weighted by Gasteiger charge is 2.28. The molecule has 6 nitrogen and oxygen atoms in total. The average Bonchev–Trinajstić information content (AvgIpc) is 3.19. The minimum Gasteiger partial charge on any atom is -0.383 e. The number of aromatic nitrogens is 1. The van der Waals surface area contributed by atoms with Crippen LogP contribution in [0.25, 0.3) is 0 Å². The molecule has 0 spiro atoms. The number of likely N-dealkylation sites (tertiary alicyclic amines) is 1. The highest BCUT2D eigenvalue weighted by atomic mass is 35.5. The number of carbonyl (C=O) groups excluding carboxylic acids is 1. The molecular formula is C20H30ClN3O3. The largest absolute Gasteiger partial charge is 0.383 e. The van der Waals surface area contributed by atoms with Crippen LogP contribution < -0.4 is 0 Å². The van der Waals surface area contributed by atoms with Gasteiger partial charge in [-0.3, -0.25) is 9.78 Å². The third-order valence-electron chi connectivity index (χ3n) is 5.48. The van der Waals surface area contributed by atoms with Gasteiger partial charge in [0.05, 0.1) is 23.3 Å². The van der Waals surface area contributed by atoms with Crippen molar-refractivity contribution >= 4 is 17.5 Å². The number of ether oxygens (including phenoxy) is 2. The first-order valence-electron chi connectivity index (χ1n) is 9.88. The number of hydrogen-bond donors (Lipinski definition) is 0. The van der Waals surface area contributed by atoms with Crippen molar-refractivity contribution in [3.8, 4) is 0 Å². The number of piperidine rings is 1. The Morgan fingerprint density at radius 3 is 2.81 bits per heavy atom. The minimum atomic E-state index is 0.00214. The Morgan fingerprint density at radius 2 is 2.15 bits per heavy atom. The Bertz CT molecular complexity index is 602. The van der Waals surface area contributed by atoms with Gasteiger partial charge < -0.3 is 19.3 Å². The highest BCUT2D eigenvalue weighted by Crippen LogP contribution is 2.22. The van der Waals surface area contributed by atoms with Crippen LogP contribution in [0.3, 0.4) is 0 Å². The molecule has 1 amide bonds. The maximum atomic E-state index is 13.1. The molecule has 0 unspecified atom stereocenters. The van der Waals surface area contributed by atoms with E-state index in [1.54, 1.807) is 25.6 Å². The average molecular weight is 396 g/mol. The first kappa shape index (κ1) is 20.5. The number of hydrogen-bond acceptors (Lipinski definition) is 5. The summed E-state index contributed by atoms with van der Waals surface area (Å²) in [5.74, 6) is 0.517. The summed E-state index contributed by atoms with van der Waals surface area (Å²) in [6.45, 7) is 6.09. The Morgan fingerprint density at radius 1 is 1.33 bits per heavy atom. The van der Waals surface area contributed by atoms with Crippen molar-refractivity contribution in [1.82, 2.24) is 14.8 Å². The van der Waals surface area contributed by atoms with E-state index in [0.29, 0.717) is 23.0 Å². The smallest absolute Gasteiger partial charge is 0.255 e. The summed E-state index contributed by atoms with van der Waals surface area (Å²) in [5.41, 5.74) is 0.554. The standard InChI is InChI=1S/C20H30ClN3O3/c1-26-10-8-23-6-4-16(5-7-23)14-24(15-19-3-2-9-27-19)20(25)17-11-18(21)13-22-12-17/h11-13,16,19H,2-10,14-15H2,1H3/t19-/m1/s1. The summed E-state index contributed by atoms with van der Waals surface area (Å²) in [5, 5.41) is 0.490. The molecule has 2 aliphatic heterocycles. The molecular weight excluding hydrogens is 366 g/mol. The number of nitrogens with zero attached hydrogens (tertiary/aromatic N) is 3. The highest BCUT2D eigenvalue weighted by molar-refractivity contribution is 6.30. The van der Waals surface area contributed by atoms with Gasteiger partial charge in [0.15, 0.2) is 0 Å². The van der Waals surface area contributed by atoms with E-state index < -0.39 is 0 Å². The molecule has 150 valence electrons. The summed E-state index contributed by atoms with van der Waals surface area (Å²) in [6.07, 6.45) is 7.60. The van der Waals surface area contributed by atoms with E-state index >= 15 is 0 Å². The first-order chi connectivity index (χ1) is 13.2. The first-order valence-corrected chi connectivity index (χ1v) is 10.3. The van der Waals surface area contributed by atoms with E-state index in [1.165, 1.54) is 0 Å².